The number of ether oxygens (including phenoxy) is 2. The second-order valence-corrected chi connectivity index (χ2v) is 7.78. The molecule has 1 N–H and O–H groups in total. The molecule has 2 saturated heterocycles. The van der Waals surface area contributed by atoms with Gasteiger partial charge in [0, 0.05) is 31.4 Å². The summed E-state index contributed by atoms with van der Waals surface area (Å²) in [5, 5.41) is 3.87. The van der Waals surface area contributed by atoms with E-state index < -0.39 is 0 Å². The molecule has 0 unspecified atom stereocenters. The summed E-state index contributed by atoms with van der Waals surface area (Å²) in [4.78, 5) is 6.94. The average Bonchev–Trinajstić information content (AvgIpc) is 2.63. The lowest BCUT2D eigenvalue weighted by Gasteiger charge is -2.38. The van der Waals surface area contributed by atoms with Crippen LogP contribution in [0.5, 0.6) is 0 Å². The highest BCUT2D eigenvalue weighted by Crippen LogP contribution is 2.18. The van der Waals surface area contributed by atoms with Crippen molar-refractivity contribution in [2.24, 2.45) is 5.92 Å². The van der Waals surface area contributed by atoms with Crippen LogP contribution < -0.4 is 5.32 Å². The molecule has 5 heteroatoms. The third-order valence-electron chi connectivity index (χ3n) is 5.14. The van der Waals surface area contributed by atoms with Gasteiger partial charge in [0.2, 0.25) is 0 Å². The van der Waals surface area contributed by atoms with E-state index in [0.29, 0.717) is 25.3 Å². The van der Waals surface area contributed by atoms with E-state index in [1.165, 1.54) is 32.5 Å². The zero-order valence-corrected chi connectivity index (χ0v) is 15.7. The zero-order valence-electron chi connectivity index (χ0n) is 15.7. The van der Waals surface area contributed by atoms with E-state index in [1.807, 2.05) is 24.4 Å². The quantitative estimate of drug-likeness (QED) is 0.821. The molecular weight excluding hydrogens is 314 g/mol. The fraction of sp³-hybridized carbons (Fsp3) is 0.750. The van der Waals surface area contributed by atoms with Crippen molar-refractivity contribution in [3.8, 4) is 0 Å². The summed E-state index contributed by atoms with van der Waals surface area (Å²) in [5.74, 6) is 0.754. The minimum absolute atomic E-state index is 0.115. The molecule has 0 spiro atoms. The minimum atomic E-state index is 0.115. The van der Waals surface area contributed by atoms with Crippen molar-refractivity contribution >= 4 is 0 Å². The predicted molar refractivity (Wildman–Crippen MR) is 99.5 cm³/mol. The summed E-state index contributed by atoms with van der Waals surface area (Å²) < 4.78 is 11.8. The number of nitrogens with zero attached hydrogens (tertiary/aromatic N) is 2. The van der Waals surface area contributed by atoms with Crippen LogP contribution >= 0.6 is 0 Å². The normalized spacial score (nSPS) is 26.2. The molecule has 0 aromatic carbocycles. The highest BCUT2D eigenvalue weighted by atomic mass is 16.5. The highest BCUT2D eigenvalue weighted by Gasteiger charge is 2.30. The van der Waals surface area contributed by atoms with E-state index in [4.69, 9.17) is 9.47 Å². The van der Waals surface area contributed by atoms with E-state index in [-0.39, 0.29) is 6.10 Å². The molecule has 2 fully saturated rings. The molecule has 0 bridgehead atoms. The fourth-order valence-corrected chi connectivity index (χ4v) is 3.84. The maximum Gasteiger partial charge on any atom is 0.0967 e. The number of hydrogen-bond acceptors (Lipinski definition) is 5. The molecule has 25 heavy (non-hydrogen) atoms. The third kappa shape index (κ3) is 6.03. The van der Waals surface area contributed by atoms with Gasteiger partial charge in [0.05, 0.1) is 25.0 Å². The van der Waals surface area contributed by atoms with E-state index in [1.54, 1.807) is 0 Å². The first-order valence-electron chi connectivity index (χ1n) is 9.78. The van der Waals surface area contributed by atoms with Crippen LogP contribution in [-0.4, -0.2) is 60.9 Å². The van der Waals surface area contributed by atoms with Crippen LogP contribution in [0.2, 0.25) is 0 Å². The smallest absolute Gasteiger partial charge is 0.0967 e. The molecule has 3 heterocycles. The molecule has 2 atom stereocenters. The molecule has 1 aromatic heterocycles. The van der Waals surface area contributed by atoms with Crippen molar-refractivity contribution in [1.29, 1.82) is 0 Å². The van der Waals surface area contributed by atoms with Gasteiger partial charge in [-0.05, 0) is 50.4 Å². The standard InChI is InChI=1S/C20H33N3O2/c1-16(2)13-23-10-6-17(7-11-23)22-19-8-12-24-15-20(19)25-14-18-5-3-4-9-21-18/h3-5,9,16-17,19-20,22H,6-8,10-15H2,1-2H3/t19-,20-/m1/s1. The number of likely N-dealkylation sites (tertiary alicyclic amines) is 1. The summed E-state index contributed by atoms with van der Waals surface area (Å²) >= 11 is 0. The Balaban J connectivity index is 1.45. The molecular formula is C20H33N3O2. The molecule has 1 aromatic rings. The summed E-state index contributed by atoms with van der Waals surface area (Å²) in [6, 6.07) is 6.94. The Morgan fingerprint density at radius 2 is 2.12 bits per heavy atom. The van der Waals surface area contributed by atoms with Gasteiger partial charge in [-0.3, -0.25) is 4.98 Å². The third-order valence-corrected chi connectivity index (χ3v) is 5.14. The van der Waals surface area contributed by atoms with Gasteiger partial charge in [0.25, 0.3) is 0 Å². The first-order valence-corrected chi connectivity index (χ1v) is 9.78. The molecule has 0 saturated carbocycles. The van der Waals surface area contributed by atoms with E-state index in [2.05, 4.69) is 29.0 Å². The Bertz CT molecular complexity index is 489. The van der Waals surface area contributed by atoms with E-state index in [9.17, 15) is 0 Å². The van der Waals surface area contributed by atoms with Crippen LogP contribution in [-0.2, 0) is 16.1 Å². The molecule has 140 valence electrons. The van der Waals surface area contributed by atoms with Gasteiger partial charge in [-0.2, -0.15) is 0 Å². The van der Waals surface area contributed by atoms with Gasteiger partial charge in [-0.25, -0.2) is 0 Å². The van der Waals surface area contributed by atoms with Gasteiger partial charge in [-0.1, -0.05) is 19.9 Å². The van der Waals surface area contributed by atoms with Crippen molar-refractivity contribution in [3.05, 3.63) is 30.1 Å². The molecule has 5 nitrogen and oxygen atoms in total. The summed E-state index contributed by atoms with van der Waals surface area (Å²) in [7, 11) is 0. The van der Waals surface area contributed by atoms with Gasteiger partial charge < -0.3 is 19.7 Å². The number of hydrogen-bond donors (Lipinski definition) is 1. The van der Waals surface area contributed by atoms with Crippen LogP contribution in [0, 0.1) is 5.92 Å². The van der Waals surface area contributed by atoms with Crippen molar-refractivity contribution in [1.82, 2.24) is 15.2 Å². The molecule has 3 rings (SSSR count). The first kappa shape index (κ1) is 18.8. The van der Waals surface area contributed by atoms with Crippen LogP contribution in [0.1, 0.15) is 38.8 Å². The lowest BCUT2D eigenvalue weighted by molar-refractivity contribution is -0.0793. The van der Waals surface area contributed by atoms with Gasteiger partial charge in [0.1, 0.15) is 0 Å². The van der Waals surface area contributed by atoms with Gasteiger partial charge >= 0.3 is 0 Å². The maximum atomic E-state index is 6.14. The second-order valence-electron chi connectivity index (χ2n) is 7.78. The topological polar surface area (TPSA) is 46.6 Å². The summed E-state index contributed by atoms with van der Waals surface area (Å²) in [6.45, 7) is 10.3. The average molecular weight is 348 g/mol. The molecule has 2 aliphatic rings. The molecule has 2 aliphatic heterocycles. The van der Waals surface area contributed by atoms with Crippen LogP contribution in [0.3, 0.4) is 0 Å². The van der Waals surface area contributed by atoms with Crippen LogP contribution in [0.25, 0.3) is 0 Å². The number of aromatic nitrogens is 1. The Morgan fingerprint density at radius 3 is 2.84 bits per heavy atom. The van der Waals surface area contributed by atoms with E-state index in [0.717, 1.165) is 24.6 Å². The Kier molecular flexibility index (Phi) is 7.23. The Morgan fingerprint density at radius 1 is 1.28 bits per heavy atom. The number of pyridine rings is 1. The zero-order chi connectivity index (χ0) is 17.5. The fourth-order valence-electron chi connectivity index (χ4n) is 3.84. The largest absolute Gasteiger partial charge is 0.379 e. The number of nitrogens with one attached hydrogen (secondary N) is 1. The van der Waals surface area contributed by atoms with Gasteiger partial charge in [-0.15, -0.1) is 0 Å². The van der Waals surface area contributed by atoms with Crippen LogP contribution in [0.4, 0.5) is 0 Å². The lowest BCUT2D eigenvalue weighted by Crippen LogP contribution is -2.54. The Hall–Kier alpha value is -1.01. The molecule has 0 radical (unpaired) electrons. The SMILES string of the molecule is CC(C)CN1CCC(N[C@@H]2CCOC[C@H]2OCc2ccccn2)CC1. The highest BCUT2D eigenvalue weighted by molar-refractivity contribution is 5.02. The maximum absolute atomic E-state index is 6.14. The van der Waals surface area contributed by atoms with Crippen molar-refractivity contribution in [2.75, 3.05) is 32.8 Å². The van der Waals surface area contributed by atoms with Crippen molar-refractivity contribution < 1.29 is 9.47 Å². The molecule has 0 amide bonds. The number of rotatable bonds is 7. The summed E-state index contributed by atoms with van der Waals surface area (Å²) in [6.07, 6.45) is 5.42. The lowest BCUT2D eigenvalue weighted by atomic mass is 9.99. The minimum Gasteiger partial charge on any atom is -0.379 e. The van der Waals surface area contributed by atoms with E-state index >= 15 is 0 Å². The van der Waals surface area contributed by atoms with Crippen molar-refractivity contribution in [3.63, 3.8) is 0 Å². The first-order chi connectivity index (χ1) is 12.2. The predicted octanol–water partition coefficient (Wildman–Crippen LogP) is 2.47. The summed E-state index contributed by atoms with van der Waals surface area (Å²) in [5.41, 5.74) is 0.980. The van der Waals surface area contributed by atoms with Crippen molar-refractivity contribution in [2.45, 2.75) is 57.9 Å². The van der Waals surface area contributed by atoms with Crippen LogP contribution in [0.15, 0.2) is 24.4 Å². The monoisotopic (exact) mass is 347 g/mol. The molecule has 0 aliphatic carbocycles. The second kappa shape index (κ2) is 9.62. The Labute approximate surface area is 152 Å². The number of piperidine rings is 1. The van der Waals surface area contributed by atoms with Gasteiger partial charge in [0.15, 0.2) is 0 Å².